The number of carbonyl (C=O) groups is 2. The number of anilines is 2. The second-order valence-corrected chi connectivity index (χ2v) is 5.66. The molecule has 128 valence electrons. The molecule has 1 aliphatic heterocycles. The monoisotopic (exact) mass is 341 g/mol. The number of nitrogens with zero attached hydrogens (tertiary/aromatic N) is 2. The molecule has 0 radical (unpaired) electrons. The minimum absolute atomic E-state index is 0.0432. The zero-order valence-electron chi connectivity index (χ0n) is 13.4. The third kappa shape index (κ3) is 3.74. The third-order valence-electron chi connectivity index (χ3n) is 3.67. The van der Waals surface area contributed by atoms with E-state index in [2.05, 4.69) is 5.32 Å². The Morgan fingerprint density at radius 3 is 2.88 bits per heavy atom. The molecule has 0 aliphatic carbocycles. The van der Waals surface area contributed by atoms with Gasteiger partial charge in [0, 0.05) is 17.8 Å². The molecule has 0 spiro atoms. The number of benzene rings is 2. The van der Waals surface area contributed by atoms with Gasteiger partial charge in [-0.15, -0.1) is 0 Å². The number of amides is 1. The van der Waals surface area contributed by atoms with E-state index < -0.39 is 10.9 Å². The van der Waals surface area contributed by atoms with Crippen LogP contribution in [0.2, 0.25) is 0 Å². The topological polar surface area (TPSA) is 102 Å². The summed E-state index contributed by atoms with van der Waals surface area (Å²) in [5, 5.41) is 13.4. The fourth-order valence-corrected chi connectivity index (χ4v) is 2.57. The molecule has 8 heteroatoms. The average molecular weight is 341 g/mol. The van der Waals surface area contributed by atoms with Crippen molar-refractivity contribution in [3.05, 3.63) is 58.1 Å². The van der Waals surface area contributed by atoms with Crippen molar-refractivity contribution in [3.8, 4) is 5.75 Å². The van der Waals surface area contributed by atoms with E-state index in [4.69, 9.17) is 4.74 Å². The molecule has 1 heterocycles. The van der Waals surface area contributed by atoms with Gasteiger partial charge in [0.25, 0.3) is 5.69 Å². The van der Waals surface area contributed by atoms with Crippen LogP contribution in [-0.4, -0.2) is 29.9 Å². The molecule has 2 aromatic rings. The van der Waals surface area contributed by atoms with E-state index in [-0.39, 0.29) is 24.7 Å². The first kappa shape index (κ1) is 16.4. The summed E-state index contributed by atoms with van der Waals surface area (Å²) in [4.78, 5) is 35.9. The highest BCUT2D eigenvalue weighted by molar-refractivity contribution is 5.96. The van der Waals surface area contributed by atoms with Gasteiger partial charge in [0.15, 0.2) is 5.75 Å². The van der Waals surface area contributed by atoms with Crippen LogP contribution in [0.4, 0.5) is 17.1 Å². The number of nitro groups is 1. The summed E-state index contributed by atoms with van der Waals surface area (Å²) < 4.78 is 5.20. The van der Waals surface area contributed by atoms with Crippen molar-refractivity contribution >= 4 is 28.9 Å². The SMILES string of the molecule is Cc1ccc2c(c1)OC(=O)CN2CC(=O)Nc1cccc([N+](=O)[O-])c1. The number of nitro benzene ring substituents is 1. The second kappa shape index (κ2) is 6.60. The van der Waals surface area contributed by atoms with Crippen molar-refractivity contribution in [2.24, 2.45) is 0 Å². The molecule has 0 aromatic heterocycles. The number of nitrogens with one attached hydrogen (secondary N) is 1. The number of aryl methyl sites for hydroxylation is 1. The van der Waals surface area contributed by atoms with Gasteiger partial charge in [-0.2, -0.15) is 0 Å². The lowest BCUT2D eigenvalue weighted by atomic mass is 10.1. The van der Waals surface area contributed by atoms with Crippen molar-refractivity contribution in [3.63, 3.8) is 0 Å². The first-order valence-corrected chi connectivity index (χ1v) is 7.53. The number of hydrogen-bond donors (Lipinski definition) is 1. The molecule has 0 atom stereocenters. The van der Waals surface area contributed by atoms with Crippen molar-refractivity contribution in [2.75, 3.05) is 23.3 Å². The van der Waals surface area contributed by atoms with Crippen LogP contribution in [0.3, 0.4) is 0 Å². The molecule has 25 heavy (non-hydrogen) atoms. The highest BCUT2D eigenvalue weighted by Crippen LogP contribution is 2.32. The molecule has 2 aromatic carbocycles. The summed E-state index contributed by atoms with van der Waals surface area (Å²) in [6.07, 6.45) is 0. The average Bonchev–Trinajstić information content (AvgIpc) is 2.54. The zero-order valence-corrected chi connectivity index (χ0v) is 13.4. The van der Waals surface area contributed by atoms with Gasteiger partial charge in [-0.25, -0.2) is 4.79 Å². The molecule has 1 N–H and O–H groups in total. The first-order chi connectivity index (χ1) is 11.9. The normalized spacial score (nSPS) is 13.0. The lowest BCUT2D eigenvalue weighted by Crippen LogP contribution is -2.41. The lowest BCUT2D eigenvalue weighted by Gasteiger charge is -2.29. The number of carbonyl (C=O) groups excluding carboxylic acids is 2. The van der Waals surface area contributed by atoms with Gasteiger partial charge in [0.2, 0.25) is 5.91 Å². The zero-order chi connectivity index (χ0) is 18.0. The van der Waals surface area contributed by atoms with E-state index in [1.165, 1.54) is 18.2 Å². The standard InChI is InChI=1S/C17H15N3O5/c1-11-5-6-14-15(7-11)25-17(22)10-19(14)9-16(21)18-12-3-2-4-13(8-12)20(23)24/h2-8H,9-10H2,1H3,(H,18,21). The third-order valence-corrected chi connectivity index (χ3v) is 3.67. The van der Waals surface area contributed by atoms with Gasteiger partial charge >= 0.3 is 5.97 Å². The summed E-state index contributed by atoms with van der Waals surface area (Å²) in [7, 11) is 0. The Morgan fingerprint density at radius 2 is 2.12 bits per heavy atom. The Bertz CT molecular complexity index is 865. The largest absolute Gasteiger partial charge is 0.423 e. The van der Waals surface area contributed by atoms with Crippen LogP contribution < -0.4 is 15.0 Å². The summed E-state index contributed by atoms with van der Waals surface area (Å²) in [6, 6.07) is 11.1. The number of ether oxygens (including phenoxy) is 1. The van der Waals surface area contributed by atoms with Gasteiger partial charge < -0.3 is 15.0 Å². The summed E-state index contributed by atoms with van der Waals surface area (Å²) in [5.74, 6) is -0.414. The van der Waals surface area contributed by atoms with Gasteiger partial charge in [-0.3, -0.25) is 14.9 Å². The van der Waals surface area contributed by atoms with Gasteiger partial charge in [-0.05, 0) is 30.7 Å². The van der Waals surface area contributed by atoms with E-state index in [1.807, 2.05) is 13.0 Å². The predicted molar refractivity (Wildman–Crippen MR) is 90.8 cm³/mol. The van der Waals surface area contributed by atoms with Crippen LogP contribution in [0, 0.1) is 17.0 Å². The maximum Gasteiger partial charge on any atom is 0.331 e. The fourth-order valence-electron chi connectivity index (χ4n) is 2.57. The van der Waals surface area contributed by atoms with Crippen molar-refractivity contribution in [1.82, 2.24) is 0 Å². The maximum absolute atomic E-state index is 12.3. The van der Waals surface area contributed by atoms with Crippen LogP contribution in [0.15, 0.2) is 42.5 Å². The van der Waals surface area contributed by atoms with Crippen molar-refractivity contribution in [2.45, 2.75) is 6.92 Å². The summed E-state index contributed by atoms with van der Waals surface area (Å²) in [6.45, 7) is 1.76. The minimum Gasteiger partial charge on any atom is -0.423 e. The van der Waals surface area contributed by atoms with Crippen LogP contribution in [0.25, 0.3) is 0 Å². The number of esters is 1. The second-order valence-electron chi connectivity index (χ2n) is 5.66. The number of rotatable bonds is 4. The molecular formula is C17H15N3O5. The molecule has 0 unspecified atom stereocenters. The Labute approximate surface area is 143 Å². The van der Waals surface area contributed by atoms with Crippen molar-refractivity contribution < 1.29 is 19.2 Å². The highest BCUT2D eigenvalue weighted by Gasteiger charge is 2.25. The fraction of sp³-hybridized carbons (Fsp3) is 0.176. The molecule has 0 fully saturated rings. The number of fused-ring (bicyclic) bond motifs is 1. The number of non-ortho nitro benzene ring substituents is 1. The van der Waals surface area contributed by atoms with Crippen molar-refractivity contribution in [1.29, 1.82) is 0 Å². The summed E-state index contributed by atoms with van der Waals surface area (Å²) >= 11 is 0. The molecule has 0 bridgehead atoms. The van der Waals surface area contributed by atoms with E-state index in [9.17, 15) is 19.7 Å². The molecule has 1 aliphatic rings. The van der Waals surface area contributed by atoms with Gasteiger partial charge in [0.1, 0.15) is 6.54 Å². The molecule has 0 saturated heterocycles. The lowest BCUT2D eigenvalue weighted by molar-refractivity contribution is -0.384. The van der Waals surface area contributed by atoms with Gasteiger partial charge in [0.05, 0.1) is 17.2 Å². The van der Waals surface area contributed by atoms with Crippen LogP contribution in [-0.2, 0) is 9.59 Å². The van der Waals surface area contributed by atoms with Crippen LogP contribution in [0.1, 0.15) is 5.56 Å². The Balaban J connectivity index is 1.74. The quantitative estimate of drug-likeness (QED) is 0.396. The predicted octanol–water partition coefficient (Wildman–Crippen LogP) is 2.27. The highest BCUT2D eigenvalue weighted by atomic mass is 16.6. The minimum atomic E-state index is -0.533. The van der Waals surface area contributed by atoms with E-state index in [0.717, 1.165) is 5.56 Å². The van der Waals surface area contributed by atoms with E-state index in [0.29, 0.717) is 17.1 Å². The van der Waals surface area contributed by atoms with Crippen LogP contribution in [0.5, 0.6) is 5.75 Å². The molecule has 3 rings (SSSR count). The number of hydrogen-bond acceptors (Lipinski definition) is 6. The molecule has 0 saturated carbocycles. The van der Waals surface area contributed by atoms with Crippen LogP contribution >= 0.6 is 0 Å². The first-order valence-electron chi connectivity index (χ1n) is 7.53. The molecule has 1 amide bonds. The Morgan fingerprint density at radius 1 is 1.32 bits per heavy atom. The Hall–Kier alpha value is -3.42. The molecule has 8 nitrogen and oxygen atoms in total. The van der Waals surface area contributed by atoms with E-state index >= 15 is 0 Å². The van der Waals surface area contributed by atoms with Gasteiger partial charge in [-0.1, -0.05) is 12.1 Å². The smallest absolute Gasteiger partial charge is 0.331 e. The maximum atomic E-state index is 12.3. The van der Waals surface area contributed by atoms with E-state index in [1.54, 1.807) is 23.1 Å². The summed E-state index contributed by atoms with van der Waals surface area (Å²) in [5.41, 5.74) is 1.80. The Kier molecular flexibility index (Phi) is 4.34. The molecular weight excluding hydrogens is 326 g/mol.